The van der Waals surface area contributed by atoms with Gasteiger partial charge >= 0.3 is 5.97 Å². The van der Waals surface area contributed by atoms with Gasteiger partial charge in [0.1, 0.15) is 12.2 Å². The predicted octanol–water partition coefficient (Wildman–Crippen LogP) is 0.927. The van der Waals surface area contributed by atoms with Gasteiger partial charge in [-0.15, -0.1) is 0 Å². The van der Waals surface area contributed by atoms with Crippen molar-refractivity contribution in [1.29, 1.82) is 0 Å². The molecule has 11 heavy (non-hydrogen) atoms. The first-order chi connectivity index (χ1) is 5.09. The Morgan fingerprint density at radius 1 is 1.73 bits per heavy atom. The van der Waals surface area contributed by atoms with Crippen LogP contribution in [0.2, 0.25) is 0 Å². The van der Waals surface area contributed by atoms with Gasteiger partial charge in [-0.3, -0.25) is 4.79 Å². The van der Waals surface area contributed by atoms with E-state index in [4.69, 9.17) is 10.8 Å². The van der Waals surface area contributed by atoms with Gasteiger partial charge in [-0.2, -0.15) is 0 Å². The number of carboxylic acid groups (broad SMARTS) is 1. The normalized spacial score (nSPS) is 15.9. The molecular weight excluding hydrogens is 149 g/mol. The first-order valence-electron chi connectivity index (χ1n) is 3.72. The van der Waals surface area contributed by atoms with Crippen LogP contribution in [0, 0.1) is 0 Å². The lowest BCUT2D eigenvalue weighted by molar-refractivity contribution is -0.140. The van der Waals surface area contributed by atoms with Crippen LogP contribution in [0.4, 0.5) is 4.39 Å². The topological polar surface area (TPSA) is 63.3 Å². The average molecular weight is 163 g/mol. The molecule has 0 aromatic carbocycles. The number of carbonyl (C=O) groups is 1. The van der Waals surface area contributed by atoms with E-state index in [1.165, 1.54) is 0 Å². The monoisotopic (exact) mass is 163 g/mol. The van der Waals surface area contributed by atoms with Crippen molar-refractivity contribution < 1.29 is 14.3 Å². The minimum absolute atomic E-state index is 0.240. The van der Waals surface area contributed by atoms with Crippen molar-refractivity contribution in [3.63, 3.8) is 0 Å². The lowest BCUT2D eigenvalue weighted by Crippen LogP contribution is -2.39. The number of carboxylic acids is 1. The molecule has 0 rings (SSSR count). The maximum absolute atomic E-state index is 12.7. The van der Waals surface area contributed by atoms with Crippen LogP contribution in [0.5, 0.6) is 0 Å². The fourth-order valence-corrected chi connectivity index (χ4v) is 0.733. The lowest BCUT2D eigenvalue weighted by atomic mass is 10.1. The first kappa shape index (κ1) is 10.4. The third-order valence-corrected chi connectivity index (χ3v) is 1.51. The molecule has 0 fully saturated rings. The minimum Gasteiger partial charge on any atom is -0.480 e. The number of halogens is 1. The predicted molar refractivity (Wildman–Crippen MR) is 40.0 cm³/mol. The van der Waals surface area contributed by atoms with Crippen LogP contribution < -0.4 is 5.73 Å². The van der Waals surface area contributed by atoms with Gasteiger partial charge in [-0.25, -0.2) is 4.39 Å². The SMILES string of the molecule is CCCC[C@@H](F)[C@H](N)C(=O)O. The van der Waals surface area contributed by atoms with Crippen molar-refractivity contribution in [1.82, 2.24) is 0 Å². The van der Waals surface area contributed by atoms with Crippen LogP contribution in [0.25, 0.3) is 0 Å². The van der Waals surface area contributed by atoms with Gasteiger partial charge in [-0.1, -0.05) is 19.8 Å². The maximum Gasteiger partial charge on any atom is 0.323 e. The van der Waals surface area contributed by atoms with Crippen molar-refractivity contribution in [3.8, 4) is 0 Å². The highest BCUT2D eigenvalue weighted by molar-refractivity contribution is 5.73. The summed E-state index contributed by atoms with van der Waals surface area (Å²) >= 11 is 0. The van der Waals surface area contributed by atoms with Crippen LogP contribution in [-0.2, 0) is 4.79 Å². The van der Waals surface area contributed by atoms with E-state index >= 15 is 0 Å². The molecule has 66 valence electrons. The van der Waals surface area contributed by atoms with E-state index < -0.39 is 18.2 Å². The highest BCUT2D eigenvalue weighted by Gasteiger charge is 2.22. The van der Waals surface area contributed by atoms with Gasteiger partial charge in [0.25, 0.3) is 0 Å². The van der Waals surface area contributed by atoms with Crippen LogP contribution in [0.1, 0.15) is 26.2 Å². The molecule has 0 aliphatic heterocycles. The fourth-order valence-electron chi connectivity index (χ4n) is 0.733. The zero-order valence-corrected chi connectivity index (χ0v) is 6.59. The summed E-state index contributed by atoms with van der Waals surface area (Å²) in [6.45, 7) is 1.92. The summed E-state index contributed by atoms with van der Waals surface area (Å²) in [6, 6.07) is -1.36. The molecule has 3 N–H and O–H groups in total. The van der Waals surface area contributed by atoms with Crippen molar-refractivity contribution in [3.05, 3.63) is 0 Å². The number of hydrogen-bond acceptors (Lipinski definition) is 2. The highest BCUT2D eigenvalue weighted by Crippen LogP contribution is 2.07. The summed E-state index contributed by atoms with van der Waals surface area (Å²) in [4.78, 5) is 10.1. The van der Waals surface area contributed by atoms with E-state index in [-0.39, 0.29) is 6.42 Å². The molecule has 0 amide bonds. The van der Waals surface area contributed by atoms with Gasteiger partial charge in [0.05, 0.1) is 0 Å². The zero-order valence-electron chi connectivity index (χ0n) is 6.59. The van der Waals surface area contributed by atoms with Crippen molar-refractivity contribution in [2.24, 2.45) is 5.73 Å². The van der Waals surface area contributed by atoms with Crippen LogP contribution in [0.15, 0.2) is 0 Å². The molecule has 0 unspecified atom stereocenters. The third kappa shape index (κ3) is 3.93. The number of hydrogen-bond donors (Lipinski definition) is 2. The molecule has 2 atom stereocenters. The second kappa shape index (κ2) is 5.07. The number of aliphatic carboxylic acids is 1. The molecule has 0 aromatic rings. The fraction of sp³-hybridized carbons (Fsp3) is 0.857. The molecular formula is C7H14FNO2. The summed E-state index contributed by atoms with van der Waals surface area (Å²) in [5, 5.41) is 8.29. The van der Waals surface area contributed by atoms with Gasteiger partial charge in [0, 0.05) is 0 Å². The Bertz CT molecular complexity index is 130. The van der Waals surface area contributed by atoms with Gasteiger partial charge < -0.3 is 10.8 Å². The molecule has 0 aromatic heterocycles. The van der Waals surface area contributed by atoms with Crippen molar-refractivity contribution >= 4 is 5.97 Å². The van der Waals surface area contributed by atoms with Crippen molar-refractivity contribution in [2.75, 3.05) is 0 Å². The smallest absolute Gasteiger partial charge is 0.323 e. The summed E-state index contributed by atoms with van der Waals surface area (Å²) in [6.07, 6.45) is 0.367. The molecule has 0 bridgehead atoms. The number of alkyl halides is 1. The Morgan fingerprint density at radius 3 is 2.64 bits per heavy atom. The third-order valence-electron chi connectivity index (χ3n) is 1.51. The molecule has 3 nitrogen and oxygen atoms in total. The highest BCUT2D eigenvalue weighted by atomic mass is 19.1. The molecule has 0 aliphatic rings. The van der Waals surface area contributed by atoms with Gasteiger partial charge in [-0.05, 0) is 6.42 Å². The zero-order chi connectivity index (χ0) is 8.85. The largest absolute Gasteiger partial charge is 0.480 e. The molecule has 0 aliphatic carbocycles. The summed E-state index contributed by atoms with van der Waals surface area (Å²) in [5.41, 5.74) is 5.03. The Morgan fingerprint density at radius 2 is 2.27 bits per heavy atom. The van der Waals surface area contributed by atoms with E-state index in [9.17, 15) is 9.18 Å². The molecule has 0 saturated heterocycles. The molecule has 0 saturated carbocycles. The second-order valence-corrected chi connectivity index (χ2v) is 2.52. The molecule has 0 radical (unpaired) electrons. The van der Waals surface area contributed by atoms with Crippen LogP contribution in [0.3, 0.4) is 0 Å². The van der Waals surface area contributed by atoms with E-state index in [0.717, 1.165) is 6.42 Å². The van der Waals surface area contributed by atoms with E-state index in [1.807, 2.05) is 6.92 Å². The second-order valence-electron chi connectivity index (χ2n) is 2.52. The number of unbranched alkanes of at least 4 members (excludes halogenated alkanes) is 1. The van der Waals surface area contributed by atoms with Gasteiger partial charge in [0.2, 0.25) is 0 Å². The first-order valence-corrected chi connectivity index (χ1v) is 3.72. The minimum atomic E-state index is -1.41. The summed E-state index contributed by atoms with van der Waals surface area (Å²) < 4.78 is 12.7. The Hall–Kier alpha value is -0.640. The van der Waals surface area contributed by atoms with Crippen LogP contribution in [-0.4, -0.2) is 23.3 Å². The Kier molecular flexibility index (Phi) is 4.77. The molecule has 0 spiro atoms. The standard InChI is InChI=1S/C7H14FNO2/c1-2-3-4-5(8)6(9)7(10)11/h5-6H,2-4,9H2,1H3,(H,10,11)/t5-,6+/m1/s1. The summed E-state index contributed by atoms with van der Waals surface area (Å²) in [7, 11) is 0. The molecule has 4 heteroatoms. The van der Waals surface area contributed by atoms with E-state index in [0.29, 0.717) is 6.42 Å². The summed E-state index contributed by atoms with van der Waals surface area (Å²) in [5.74, 6) is -1.27. The average Bonchev–Trinajstić information content (AvgIpc) is 1.98. The van der Waals surface area contributed by atoms with E-state index in [1.54, 1.807) is 0 Å². The van der Waals surface area contributed by atoms with E-state index in [2.05, 4.69) is 0 Å². The number of rotatable bonds is 5. The quantitative estimate of drug-likeness (QED) is 0.633. The van der Waals surface area contributed by atoms with Crippen molar-refractivity contribution in [2.45, 2.75) is 38.4 Å². The maximum atomic E-state index is 12.7. The van der Waals surface area contributed by atoms with Gasteiger partial charge in [0.15, 0.2) is 0 Å². The lowest BCUT2D eigenvalue weighted by Gasteiger charge is -2.10. The molecule has 0 heterocycles. The Balaban J connectivity index is 3.63. The van der Waals surface area contributed by atoms with Crippen LogP contribution >= 0.6 is 0 Å². The Labute approximate surface area is 65.4 Å². The number of nitrogens with two attached hydrogens (primary N) is 1.